The molecule has 0 saturated carbocycles. The third-order valence-electron chi connectivity index (χ3n) is 3.42. The minimum Gasteiger partial charge on any atom is -0.367 e. The van der Waals surface area contributed by atoms with E-state index >= 15 is 0 Å². The second-order valence-electron chi connectivity index (χ2n) is 5.07. The number of rotatable bonds is 4. The van der Waals surface area contributed by atoms with E-state index < -0.39 is 28.6 Å². The van der Waals surface area contributed by atoms with Crippen molar-refractivity contribution in [3.8, 4) is 5.69 Å². The Morgan fingerprint density at radius 1 is 0.958 bits per heavy atom. The summed E-state index contributed by atoms with van der Waals surface area (Å²) in [7, 11) is 0. The van der Waals surface area contributed by atoms with Gasteiger partial charge in [0.1, 0.15) is 23.1 Å². The Kier molecular flexibility index (Phi) is 4.24. The van der Waals surface area contributed by atoms with E-state index in [-0.39, 0.29) is 5.82 Å². The standard InChI is InChI=1S/C17H13F2N3O2/c18-12-7-4-8-13(19)16(12)22-15(23)9-14(21-17(22)24)20-10-11-5-2-1-3-6-11/h1-9,20H,10H2,(H,21,24). The first-order valence-electron chi connectivity index (χ1n) is 7.15. The number of aromatic amines is 1. The maximum atomic E-state index is 13.8. The average Bonchev–Trinajstić information content (AvgIpc) is 2.56. The highest BCUT2D eigenvalue weighted by atomic mass is 19.1. The zero-order valence-corrected chi connectivity index (χ0v) is 12.4. The molecule has 0 aliphatic carbocycles. The fourth-order valence-electron chi connectivity index (χ4n) is 2.30. The number of anilines is 1. The summed E-state index contributed by atoms with van der Waals surface area (Å²) in [4.78, 5) is 26.7. The Labute approximate surface area is 135 Å². The first-order chi connectivity index (χ1) is 11.6. The van der Waals surface area contributed by atoms with Gasteiger partial charge < -0.3 is 5.32 Å². The van der Waals surface area contributed by atoms with Crippen molar-refractivity contribution in [1.82, 2.24) is 9.55 Å². The van der Waals surface area contributed by atoms with Crippen LogP contribution in [0, 0.1) is 11.6 Å². The van der Waals surface area contributed by atoms with E-state index in [4.69, 9.17) is 0 Å². The van der Waals surface area contributed by atoms with Crippen LogP contribution in [-0.4, -0.2) is 9.55 Å². The van der Waals surface area contributed by atoms with Crippen LogP contribution in [-0.2, 0) is 6.54 Å². The monoisotopic (exact) mass is 329 g/mol. The zero-order valence-electron chi connectivity index (χ0n) is 12.4. The molecule has 0 fully saturated rings. The van der Waals surface area contributed by atoms with E-state index in [0.717, 1.165) is 29.8 Å². The highest BCUT2D eigenvalue weighted by molar-refractivity contribution is 5.39. The highest BCUT2D eigenvalue weighted by Gasteiger charge is 2.15. The number of aromatic nitrogens is 2. The third-order valence-corrected chi connectivity index (χ3v) is 3.42. The Morgan fingerprint density at radius 3 is 2.25 bits per heavy atom. The van der Waals surface area contributed by atoms with E-state index in [9.17, 15) is 18.4 Å². The van der Waals surface area contributed by atoms with Crippen molar-refractivity contribution in [2.24, 2.45) is 0 Å². The Hall–Kier alpha value is -3.22. The molecule has 2 aromatic carbocycles. The summed E-state index contributed by atoms with van der Waals surface area (Å²) in [6, 6.07) is 13.5. The molecule has 0 saturated heterocycles. The molecule has 7 heteroatoms. The van der Waals surface area contributed by atoms with Gasteiger partial charge in [0.25, 0.3) is 5.56 Å². The maximum absolute atomic E-state index is 13.8. The number of hydrogen-bond donors (Lipinski definition) is 2. The molecule has 5 nitrogen and oxygen atoms in total. The number of hydrogen-bond acceptors (Lipinski definition) is 3. The molecule has 0 spiro atoms. The molecule has 0 atom stereocenters. The van der Waals surface area contributed by atoms with Crippen LogP contribution in [0.1, 0.15) is 5.56 Å². The molecule has 0 unspecified atom stereocenters. The van der Waals surface area contributed by atoms with Crippen molar-refractivity contribution in [2.75, 3.05) is 5.32 Å². The Morgan fingerprint density at radius 2 is 1.62 bits per heavy atom. The first-order valence-corrected chi connectivity index (χ1v) is 7.15. The van der Waals surface area contributed by atoms with Gasteiger partial charge in [-0.2, -0.15) is 0 Å². The normalized spacial score (nSPS) is 10.6. The van der Waals surface area contributed by atoms with Gasteiger partial charge >= 0.3 is 5.69 Å². The molecular weight excluding hydrogens is 316 g/mol. The second kappa shape index (κ2) is 6.49. The lowest BCUT2D eigenvalue weighted by molar-refractivity contribution is 0.562. The zero-order chi connectivity index (χ0) is 17.1. The van der Waals surface area contributed by atoms with Gasteiger partial charge in [-0.25, -0.2) is 18.1 Å². The van der Waals surface area contributed by atoms with Crippen LogP contribution in [0.25, 0.3) is 5.69 Å². The van der Waals surface area contributed by atoms with Gasteiger partial charge in [0.2, 0.25) is 0 Å². The van der Waals surface area contributed by atoms with Gasteiger partial charge in [-0.1, -0.05) is 36.4 Å². The quantitative estimate of drug-likeness (QED) is 0.772. The highest BCUT2D eigenvalue weighted by Crippen LogP contribution is 2.14. The molecule has 1 heterocycles. The number of nitrogens with zero attached hydrogens (tertiary/aromatic N) is 1. The van der Waals surface area contributed by atoms with Gasteiger partial charge in [0.05, 0.1) is 0 Å². The van der Waals surface area contributed by atoms with Crippen LogP contribution in [0.2, 0.25) is 0 Å². The molecule has 122 valence electrons. The summed E-state index contributed by atoms with van der Waals surface area (Å²) in [5, 5.41) is 2.89. The molecule has 0 aliphatic rings. The Bertz CT molecular complexity index is 930. The first kappa shape index (κ1) is 15.7. The molecule has 24 heavy (non-hydrogen) atoms. The summed E-state index contributed by atoms with van der Waals surface area (Å²) < 4.78 is 28.0. The van der Waals surface area contributed by atoms with Crippen molar-refractivity contribution in [2.45, 2.75) is 6.54 Å². The van der Waals surface area contributed by atoms with Crippen molar-refractivity contribution < 1.29 is 8.78 Å². The van der Waals surface area contributed by atoms with Gasteiger partial charge in [0.15, 0.2) is 0 Å². The van der Waals surface area contributed by atoms with Crippen molar-refractivity contribution >= 4 is 5.82 Å². The number of halogens is 2. The molecule has 3 aromatic rings. The molecule has 1 aromatic heterocycles. The van der Waals surface area contributed by atoms with Gasteiger partial charge in [-0.05, 0) is 17.7 Å². The largest absolute Gasteiger partial charge is 0.367 e. The van der Waals surface area contributed by atoms with Crippen LogP contribution in [0.4, 0.5) is 14.6 Å². The molecule has 2 N–H and O–H groups in total. The molecule has 0 radical (unpaired) electrons. The molecule has 0 bridgehead atoms. The summed E-state index contributed by atoms with van der Waals surface area (Å²) in [6.07, 6.45) is 0. The number of H-pyrrole nitrogens is 1. The van der Waals surface area contributed by atoms with Crippen molar-refractivity contribution in [3.63, 3.8) is 0 Å². The van der Waals surface area contributed by atoms with E-state index in [2.05, 4.69) is 10.3 Å². The van der Waals surface area contributed by atoms with Gasteiger partial charge in [0, 0.05) is 12.6 Å². The molecule has 0 amide bonds. The number of para-hydroxylation sites is 1. The Balaban J connectivity index is 1.95. The number of benzene rings is 2. The van der Waals surface area contributed by atoms with Crippen LogP contribution < -0.4 is 16.6 Å². The lowest BCUT2D eigenvalue weighted by Gasteiger charge is -2.10. The lowest BCUT2D eigenvalue weighted by atomic mass is 10.2. The van der Waals surface area contributed by atoms with Gasteiger partial charge in [-0.15, -0.1) is 0 Å². The van der Waals surface area contributed by atoms with Crippen LogP contribution in [0.3, 0.4) is 0 Å². The fourth-order valence-corrected chi connectivity index (χ4v) is 2.30. The van der Waals surface area contributed by atoms with Crippen molar-refractivity contribution in [3.05, 3.63) is 92.6 Å². The van der Waals surface area contributed by atoms with E-state index in [0.29, 0.717) is 11.1 Å². The van der Waals surface area contributed by atoms with Crippen LogP contribution in [0.5, 0.6) is 0 Å². The van der Waals surface area contributed by atoms with E-state index in [1.54, 1.807) is 0 Å². The topological polar surface area (TPSA) is 66.9 Å². The maximum Gasteiger partial charge on any atom is 0.334 e. The summed E-state index contributed by atoms with van der Waals surface area (Å²) in [5.41, 5.74) is -1.51. The van der Waals surface area contributed by atoms with E-state index in [1.807, 2.05) is 30.3 Å². The summed E-state index contributed by atoms with van der Waals surface area (Å²) in [5.74, 6) is -1.82. The molecular formula is C17H13F2N3O2. The third kappa shape index (κ3) is 3.10. The second-order valence-corrected chi connectivity index (χ2v) is 5.07. The van der Waals surface area contributed by atoms with Crippen LogP contribution >= 0.6 is 0 Å². The fraction of sp³-hybridized carbons (Fsp3) is 0.0588. The predicted octanol–water partition coefficient (Wildman–Crippen LogP) is 2.42. The average molecular weight is 329 g/mol. The summed E-state index contributed by atoms with van der Waals surface area (Å²) in [6.45, 7) is 0.383. The summed E-state index contributed by atoms with van der Waals surface area (Å²) >= 11 is 0. The lowest BCUT2D eigenvalue weighted by Crippen LogP contribution is -2.35. The van der Waals surface area contributed by atoms with E-state index in [1.165, 1.54) is 0 Å². The molecule has 3 rings (SSSR count). The van der Waals surface area contributed by atoms with Crippen molar-refractivity contribution in [1.29, 1.82) is 0 Å². The number of nitrogens with one attached hydrogen (secondary N) is 2. The predicted molar refractivity (Wildman–Crippen MR) is 86.3 cm³/mol. The SMILES string of the molecule is O=c1cc(NCc2ccccc2)[nH]c(=O)n1-c1c(F)cccc1F. The van der Waals surface area contributed by atoms with Gasteiger partial charge in [-0.3, -0.25) is 9.78 Å². The smallest absolute Gasteiger partial charge is 0.334 e. The minimum absolute atomic E-state index is 0.168. The molecule has 0 aliphatic heterocycles. The minimum atomic E-state index is -0.993. The van der Waals surface area contributed by atoms with Crippen LogP contribution in [0.15, 0.2) is 64.2 Å².